The van der Waals surface area contributed by atoms with Crippen LogP contribution in [0.2, 0.25) is 0 Å². The minimum atomic E-state index is -1.13. The smallest absolute Gasteiger partial charge is 0.352 e. The molecule has 3 N–H and O–H groups in total. The average Bonchev–Trinajstić information content (AvgIpc) is 3.27. The molecule has 9 nitrogen and oxygen atoms in total. The zero-order valence-electron chi connectivity index (χ0n) is 18.0. The lowest BCUT2D eigenvalue weighted by Gasteiger charge is -2.22. The largest absolute Gasteiger partial charge is 0.493 e. The maximum atomic E-state index is 13.0. The quantitative estimate of drug-likeness (QED) is 0.506. The molecule has 1 aromatic heterocycles. The number of carbonyl (C=O) groups is 2. The second-order valence-electron chi connectivity index (χ2n) is 7.15. The summed E-state index contributed by atoms with van der Waals surface area (Å²) in [6.07, 6.45) is 6.64. The van der Waals surface area contributed by atoms with E-state index in [1.807, 2.05) is 42.5 Å². The van der Waals surface area contributed by atoms with E-state index < -0.39 is 17.9 Å². The van der Waals surface area contributed by atoms with Gasteiger partial charge in [0.15, 0.2) is 11.5 Å². The molecule has 3 aromatic rings. The third-order valence-electron chi connectivity index (χ3n) is 5.07. The predicted molar refractivity (Wildman–Crippen MR) is 124 cm³/mol. The normalized spacial score (nSPS) is 14.7. The zero-order valence-corrected chi connectivity index (χ0v) is 18.0. The second kappa shape index (κ2) is 9.31. The molecule has 0 radical (unpaired) electrons. The molecule has 0 unspecified atom stereocenters. The minimum absolute atomic E-state index is 0.0362. The van der Waals surface area contributed by atoms with Crippen molar-refractivity contribution < 1.29 is 24.2 Å². The van der Waals surface area contributed by atoms with Gasteiger partial charge in [0.2, 0.25) is 0 Å². The summed E-state index contributed by atoms with van der Waals surface area (Å²) in [7, 11) is 3.03. The zero-order chi connectivity index (χ0) is 23.4. The summed E-state index contributed by atoms with van der Waals surface area (Å²) in [5.41, 5.74) is 1.62. The van der Waals surface area contributed by atoms with Gasteiger partial charge in [0.1, 0.15) is 17.1 Å². The van der Waals surface area contributed by atoms with Crippen LogP contribution in [0.5, 0.6) is 11.5 Å². The van der Waals surface area contributed by atoms with E-state index in [1.165, 1.54) is 26.5 Å². The van der Waals surface area contributed by atoms with E-state index in [9.17, 15) is 14.7 Å². The van der Waals surface area contributed by atoms with Crippen molar-refractivity contribution in [2.45, 2.75) is 6.04 Å². The molecule has 2 heterocycles. The SMILES string of the molecule is COc1ccc(NC(=O)c2cnn3c2NC(C(=O)O)=C[C@H]3/C=C/c2ccccc2)cc1OC. The summed E-state index contributed by atoms with van der Waals surface area (Å²) in [5, 5.41) is 19.5. The first kappa shape index (κ1) is 21.7. The Morgan fingerprint density at radius 2 is 1.88 bits per heavy atom. The standard InChI is InChI=1S/C24H22N4O5/c1-32-20-11-9-16(12-21(20)33-2)26-23(29)18-14-25-28-17(10-8-15-6-4-3-5-7-15)13-19(24(30)31)27-22(18)28/h3-14,17,27H,1-2H3,(H,26,29)(H,30,31)/b10-8+/t17-/m1/s1. The monoisotopic (exact) mass is 446 g/mol. The highest BCUT2D eigenvalue weighted by atomic mass is 16.5. The number of ether oxygens (including phenoxy) is 2. The van der Waals surface area contributed by atoms with Crippen LogP contribution in [0.1, 0.15) is 22.0 Å². The van der Waals surface area contributed by atoms with Crippen molar-refractivity contribution in [1.82, 2.24) is 9.78 Å². The molecule has 9 heteroatoms. The lowest BCUT2D eigenvalue weighted by atomic mass is 10.1. The molecular weight excluding hydrogens is 424 g/mol. The Labute approximate surface area is 189 Å². The van der Waals surface area contributed by atoms with E-state index in [-0.39, 0.29) is 17.1 Å². The lowest BCUT2D eigenvalue weighted by Crippen LogP contribution is -2.24. The van der Waals surface area contributed by atoms with Gasteiger partial charge in [-0.15, -0.1) is 0 Å². The number of rotatable bonds is 7. The first-order valence-electron chi connectivity index (χ1n) is 10.1. The number of anilines is 2. The topological polar surface area (TPSA) is 115 Å². The van der Waals surface area contributed by atoms with Crippen molar-refractivity contribution in [1.29, 1.82) is 0 Å². The van der Waals surface area contributed by atoms with Crippen LogP contribution in [-0.2, 0) is 4.79 Å². The number of carboxylic acid groups (broad SMARTS) is 1. The van der Waals surface area contributed by atoms with Gasteiger partial charge in [-0.25, -0.2) is 9.48 Å². The van der Waals surface area contributed by atoms with Gasteiger partial charge in [0.25, 0.3) is 5.91 Å². The molecule has 0 saturated heterocycles. The molecular formula is C24H22N4O5. The van der Waals surface area contributed by atoms with E-state index >= 15 is 0 Å². The summed E-state index contributed by atoms with van der Waals surface area (Å²) in [5.74, 6) is -0.298. The Morgan fingerprint density at radius 1 is 1.12 bits per heavy atom. The van der Waals surface area contributed by atoms with E-state index in [1.54, 1.807) is 22.9 Å². The maximum Gasteiger partial charge on any atom is 0.352 e. The fourth-order valence-electron chi connectivity index (χ4n) is 3.44. The lowest BCUT2D eigenvalue weighted by molar-refractivity contribution is -0.132. The van der Waals surface area contributed by atoms with Crippen LogP contribution >= 0.6 is 0 Å². The van der Waals surface area contributed by atoms with Crippen LogP contribution in [0, 0.1) is 0 Å². The van der Waals surface area contributed by atoms with Crippen LogP contribution in [0.3, 0.4) is 0 Å². The van der Waals surface area contributed by atoms with Gasteiger partial charge in [-0.2, -0.15) is 5.10 Å². The molecule has 1 aliphatic heterocycles. The van der Waals surface area contributed by atoms with Gasteiger partial charge in [0, 0.05) is 11.8 Å². The number of hydrogen-bond acceptors (Lipinski definition) is 6. The Balaban J connectivity index is 1.63. The second-order valence-corrected chi connectivity index (χ2v) is 7.15. The van der Waals surface area contributed by atoms with Gasteiger partial charge in [-0.3, -0.25) is 4.79 Å². The van der Waals surface area contributed by atoms with E-state index in [0.29, 0.717) is 17.2 Å². The molecule has 4 rings (SSSR count). The number of aliphatic carboxylic acids is 1. The Morgan fingerprint density at radius 3 is 2.58 bits per heavy atom. The molecule has 1 amide bonds. The van der Waals surface area contributed by atoms with E-state index in [0.717, 1.165) is 5.56 Å². The number of nitrogens with one attached hydrogen (secondary N) is 2. The number of aromatic nitrogens is 2. The number of fused-ring (bicyclic) bond motifs is 1. The number of carbonyl (C=O) groups excluding carboxylic acids is 1. The van der Waals surface area contributed by atoms with Gasteiger partial charge in [-0.1, -0.05) is 42.5 Å². The highest BCUT2D eigenvalue weighted by molar-refractivity contribution is 6.08. The fraction of sp³-hybridized carbons (Fsp3) is 0.125. The average molecular weight is 446 g/mol. The molecule has 0 bridgehead atoms. The van der Waals surface area contributed by atoms with Gasteiger partial charge < -0.3 is 25.2 Å². The Kier molecular flexibility index (Phi) is 6.12. The molecule has 1 atom stereocenters. The number of benzene rings is 2. The molecule has 0 saturated carbocycles. The summed E-state index contributed by atoms with van der Waals surface area (Å²) < 4.78 is 12.1. The molecule has 0 aliphatic carbocycles. The minimum Gasteiger partial charge on any atom is -0.493 e. The first-order valence-corrected chi connectivity index (χ1v) is 10.1. The third-order valence-corrected chi connectivity index (χ3v) is 5.07. The van der Waals surface area contributed by atoms with Crippen molar-refractivity contribution in [3.8, 4) is 11.5 Å². The Hall–Kier alpha value is -4.53. The van der Waals surface area contributed by atoms with Crippen LogP contribution in [0.15, 0.2) is 72.6 Å². The number of nitrogens with zero attached hydrogens (tertiary/aromatic N) is 2. The van der Waals surface area contributed by atoms with Gasteiger partial charge in [-0.05, 0) is 23.8 Å². The number of amides is 1. The summed E-state index contributed by atoms with van der Waals surface area (Å²) in [6.45, 7) is 0. The van der Waals surface area contributed by atoms with Gasteiger partial charge in [0.05, 0.1) is 26.5 Å². The molecule has 0 spiro atoms. The Bertz CT molecular complexity index is 1250. The van der Waals surface area contributed by atoms with E-state index in [4.69, 9.17) is 9.47 Å². The van der Waals surface area contributed by atoms with Crippen LogP contribution in [0.25, 0.3) is 6.08 Å². The van der Waals surface area contributed by atoms with Crippen LogP contribution in [0.4, 0.5) is 11.5 Å². The van der Waals surface area contributed by atoms with Crippen molar-refractivity contribution in [3.05, 3.63) is 83.7 Å². The molecule has 33 heavy (non-hydrogen) atoms. The number of methoxy groups -OCH3 is 2. The first-order chi connectivity index (χ1) is 16.0. The summed E-state index contributed by atoms with van der Waals surface area (Å²) >= 11 is 0. The van der Waals surface area contributed by atoms with Gasteiger partial charge >= 0.3 is 5.97 Å². The summed E-state index contributed by atoms with van der Waals surface area (Å²) in [4.78, 5) is 24.7. The fourth-order valence-corrected chi connectivity index (χ4v) is 3.44. The van der Waals surface area contributed by atoms with Crippen molar-refractivity contribution in [2.24, 2.45) is 0 Å². The van der Waals surface area contributed by atoms with E-state index in [2.05, 4.69) is 15.7 Å². The number of hydrogen-bond donors (Lipinski definition) is 3. The predicted octanol–water partition coefficient (Wildman–Crippen LogP) is 3.80. The van der Waals surface area contributed by atoms with Crippen LogP contribution < -0.4 is 20.1 Å². The highest BCUT2D eigenvalue weighted by Gasteiger charge is 2.27. The highest BCUT2D eigenvalue weighted by Crippen LogP contribution is 2.32. The maximum absolute atomic E-state index is 13.0. The number of allylic oxidation sites excluding steroid dienone is 2. The number of carboxylic acids is 1. The van der Waals surface area contributed by atoms with Crippen molar-refractivity contribution in [3.63, 3.8) is 0 Å². The molecule has 168 valence electrons. The van der Waals surface area contributed by atoms with Crippen molar-refractivity contribution in [2.75, 3.05) is 24.9 Å². The third kappa shape index (κ3) is 4.57. The molecule has 0 fully saturated rings. The molecule has 1 aliphatic rings. The summed E-state index contributed by atoms with van der Waals surface area (Å²) in [6, 6.07) is 14.1. The van der Waals surface area contributed by atoms with Crippen LogP contribution in [-0.4, -0.2) is 41.0 Å². The molecule has 2 aromatic carbocycles. The van der Waals surface area contributed by atoms with Crippen molar-refractivity contribution >= 4 is 29.5 Å².